The van der Waals surface area contributed by atoms with Gasteiger partial charge in [-0.3, -0.25) is 0 Å². The van der Waals surface area contributed by atoms with Crippen molar-refractivity contribution < 1.29 is 29.2 Å². The van der Waals surface area contributed by atoms with Gasteiger partial charge in [-0.1, -0.05) is 6.07 Å². The summed E-state index contributed by atoms with van der Waals surface area (Å²) in [4.78, 5) is 3.97. The third kappa shape index (κ3) is 3.40. The molecule has 0 atom stereocenters. The van der Waals surface area contributed by atoms with Gasteiger partial charge in [0.1, 0.15) is 6.67 Å². The first kappa shape index (κ1) is 12.8. The van der Waals surface area contributed by atoms with Gasteiger partial charge in [0, 0.05) is 31.9 Å². The fourth-order valence-corrected chi connectivity index (χ4v) is 1.14. The Kier molecular flexibility index (Phi) is 5.09. The molecule has 0 unspecified atom stereocenters. The third-order valence-electron chi connectivity index (χ3n) is 1.81. The van der Waals surface area contributed by atoms with Gasteiger partial charge in [-0.15, -0.1) is 12.1 Å². The molecule has 0 saturated heterocycles. The molecule has 0 aliphatic rings. The van der Waals surface area contributed by atoms with Crippen molar-refractivity contribution in [3.05, 3.63) is 54.2 Å². The van der Waals surface area contributed by atoms with Crippen LogP contribution in [0.5, 0.6) is 11.6 Å². The van der Waals surface area contributed by atoms with Crippen LogP contribution in [0.3, 0.4) is 0 Å². The van der Waals surface area contributed by atoms with E-state index in [1.54, 1.807) is 30.3 Å². The van der Waals surface area contributed by atoms with E-state index in [2.05, 4.69) is 11.1 Å². The normalized spacial score (nSPS) is 9.31. The molecule has 1 aromatic carbocycles. The van der Waals surface area contributed by atoms with E-state index in [0.717, 1.165) is 0 Å². The summed E-state index contributed by atoms with van der Waals surface area (Å²) in [7, 11) is 0. The van der Waals surface area contributed by atoms with Crippen molar-refractivity contribution in [1.29, 1.82) is 0 Å². The average molecular weight is 394 g/mol. The Hall–Kier alpha value is -1.25. The van der Waals surface area contributed by atoms with E-state index in [9.17, 15) is 4.39 Å². The summed E-state index contributed by atoms with van der Waals surface area (Å²) < 4.78 is 17.7. The first-order valence-corrected chi connectivity index (χ1v) is 4.55. The molecule has 0 amide bonds. The molecular weight excluding hydrogens is 385 g/mol. The molecule has 1 heterocycles. The van der Waals surface area contributed by atoms with Gasteiger partial charge in [0.25, 0.3) is 0 Å². The van der Waals surface area contributed by atoms with Gasteiger partial charge in [-0.2, -0.15) is 18.2 Å². The van der Waals surface area contributed by atoms with Gasteiger partial charge < -0.3 is 4.74 Å². The quantitative estimate of drug-likeness (QED) is 0.747. The number of hydrogen-bond donors (Lipinski definition) is 0. The second-order valence-corrected chi connectivity index (χ2v) is 2.93. The third-order valence-corrected chi connectivity index (χ3v) is 1.81. The molecule has 0 spiro atoms. The Balaban J connectivity index is 0.00000128. The molecule has 85 valence electrons. The number of alkyl halides is 1. The maximum Gasteiger partial charge on any atom is 0.216 e. The van der Waals surface area contributed by atoms with E-state index in [0.29, 0.717) is 17.3 Å². The largest absolute Gasteiger partial charge is 0.466 e. The van der Waals surface area contributed by atoms with E-state index in [-0.39, 0.29) is 20.1 Å². The van der Waals surface area contributed by atoms with Crippen LogP contribution < -0.4 is 4.74 Å². The maximum atomic E-state index is 12.3. The topological polar surface area (TPSA) is 22.1 Å². The number of rotatable bonds is 3. The summed E-state index contributed by atoms with van der Waals surface area (Å²) in [5, 5.41) is 0. The second-order valence-electron chi connectivity index (χ2n) is 2.93. The van der Waals surface area contributed by atoms with Crippen LogP contribution in [0.2, 0.25) is 0 Å². The molecule has 0 fully saturated rings. The van der Waals surface area contributed by atoms with Crippen LogP contribution in [0.15, 0.2) is 42.5 Å². The molecule has 1 radical (unpaired) electrons. The van der Waals surface area contributed by atoms with Gasteiger partial charge in [-0.05, 0) is 6.07 Å². The number of halogens is 1. The fraction of sp³-hybridized carbons (Fsp3) is 0.0833. The molecule has 4 heteroatoms. The Morgan fingerprint density at radius 2 is 2.06 bits per heavy atom. The monoisotopic (exact) mass is 395 g/mol. The smallest absolute Gasteiger partial charge is 0.216 e. The van der Waals surface area contributed by atoms with Crippen LogP contribution in [0.4, 0.5) is 4.39 Å². The Morgan fingerprint density at radius 1 is 1.19 bits per heavy atom. The molecular formula is C12H9FIrNO-. The van der Waals surface area contributed by atoms with Crippen molar-refractivity contribution >= 4 is 0 Å². The number of ether oxygens (including phenoxy) is 1. The van der Waals surface area contributed by atoms with Crippen LogP contribution in [0, 0.1) is 6.07 Å². The van der Waals surface area contributed by atoms with E-state index in [1.165, 1.54) is 0 Å². The summed E-state index contributed by atoms with van der Waals surface area (Å²) in [6.07, 6.45) is 0. The first-order valence-electron chi connectivity index (χ1n) is 4.55. The standard InChI is InChI=1S/C12H9FNO.Ir/c13-9-10-5-4-8-12(14-10)15-11-6-2-1-3-7-11;/h1-6,8H,9H2;/q-1;. The van der Waals surface area contributed by atoms with Gasteiger partial charge in [0.05, 0.1) is 5.69 Å². The van der Waals surface area contributed by atoms with Gasteiger partial charge in [-0.25, -0.2) is 9.37 Å². The zero-order valence-electron chi connectivity index (χ0n) is 8.32. The molecule has 0 saturated carbocycles. The van der Waals surface area contributed by atoms with E-state index >= 15 is 0 Å². The molecule has 2 rings (SSSR count). The summed E-state index contributed by atoms with van der Waals surface area (Å²) in [5.41, 5.74) is 0.364. The number of hydrogen-bond acceptors (Lipinski definition) is 2. The Bertz CT molecular complexity index is 436. The van der Waals surface area contributed by atoms with Crippen molar-refractivity contribution in [2.45, 2.75) is 6.67 Å². The summed E-state index contributed by atoms with van der Waals surface area (Å²) in [6, 6.07) is 15.1. The van der Waals surface area contributed by atoms with Crippen molar-refractivity contribution in [1.82, 2.24) is 4.98 Å². The minimum atomic E-state index is -0.588. The van der Waals surface area contributed by atoms with Crippen LogP contribution >= 0.6 is 0 Å². The maximum absolute atomic E-state index is 12.3. The molecule has 0 bridgehead atoms. The summed E-state index contributed by atoms with van der Waals surface area (Å²) in [6.45, 7) is -0.588. The van der Waals surface area contributed by atoms with Gasteiger partial charge in [0.15, 0.2) is 0 Å². The molecule has 0 aliphatic heterocycles. The summed E-state index contributed by atoms with van der Waals surface area (Å²) in [5.74, 6) is 0.952. The van der Waals surface area contributed by atoms with Crippen molar-refractivity contribution in [2.75, 3.05) is 0 Å². The Labute approximate surface area is 107 Å². The van der Waals surface area contributed by atoms with E-state index in [4.69, 9.17) is 4.74 Å². The number of nitrogens with zero attached hydrogens (tertiary/aromatic N) is 1. The zero-order chi connectivity index (χ0) is 10.5. The Morgan fingerprint density at radius 3 is 2.75 bits per heavy atom. The minimum Gasteiger partial charge on any atom is -0.466 e. The van der Waals surface area contributed by atoms with E-state index < -0.39 is 6.67 Å². The number of para-hydroxylation sites is 1. The van der Waals surface area contributed by atoms with Crippen LogP contribution in [-0.2, 0) is 26.8 Å². The minimum absolute atomic E-state index is 0. The molecule has 1 aromatic heterocycles. The summed E-state index contributed by atoms with van der Waals surface area (Å²) >= 11 is 0. The fourth-order valence-electron chi connectivity index (χ4n) is 1.14. The number of pyridine rings is 1. The second kappa shape index (κ2) is 6.36. The average Bonchev–Trinajstić information content (AvgIpc) is 2.31. The van der Waals surface area contributed by atoms with Crippen molar-refractivity contribution in [3.8, 4) is 11.6 Å². The first-order chi connectivity index (χ1) is 7.38. The molecule has 0 aliphatic carbocycles. The predicted octanol–water partition coefficient (Wildman–Crippen LogP) is 3.14. The van der Waals surface area contributed by atoms with Crippen LogP contribution in [0.25, 0.3) is 0 Å². The number of benzene rings is 1. The molecule has 16 heavy (non-hydrogen) atoms. The predicted molar refractivity (Wildman–Crippen MR) is 54.4 cm³/mol. The van der Waals surface area contributed by atoms with Gasteiger partial charge in [0.2, 0.25) is 5.88 Å². The SMILES string of the molecule is FCc1cccc(Oc2[c-]cccc2)n1.[Ir]. The van der Waals surface area contributed by atoms with Crippen LogP contribution in [-0.4, -0.2) is 4.98 Å². The van der Waals surface area contributed by atoms with Crippen LogP contribution in [0.1, 0.15) is 5.69 Å². The number of aromatic nitrogens is 1. The van der Waals surface area contributed by atoms with Crippen molar-refractivity contribution in [3.63, 3.8) is 0 Å². The molecule has 2 aromatic rings. The molecule has 0 N–H and O–H groups in total. The van der Waals surface area contributed by atoms with Crippen molar-refractivity contribution in [2.24, 2.45) is 0 Å². The van der Waals surface area contributed by atoms with E-state index in [1.807, 2.05) is 12.1 Å². The van der Waals surface area contributed by atoms with Gasteiger partial charge >= 0.3 is 0 Å². The zero-order valence-corrected chi connectivity index (χ0v) is 10.7. The molecule has 2 nitrogen and oxygen atoms in total.